The predicted molar refractivity (Wildman–Crippen MR) is 74.9 cm³/mol. The first kappa shape index (κ1) is 15.6. The van der Waals surface area contributed by atoms with Crippen molar-refractivity contribution < 1.29 is 18.0 Å². The normalized spacial score (nSPS) is 11.5. The van der Waals surface area contributed by atoms with Crippen molar-refractivity contribution in [1.82, 2.24) is 30.2 Å². The zero-order valence-corrected chi connectivity index (χ0v) is 11.9. The van der Waals surface area contributed by atoms with Gasteiger partial charge in [-0.15, -0.1) is 10.2 Å². The molecule has 11 heteroatoms. The molecule has 0 saturated carbocycles. The summed E-state index contributed by atoms with van der Waals surface area (Å²) in [6.07, 6.45) is -3.30. The Morgan fingerprint density at radius 2 is 2.00 bits per heavy atom. The summed E-state index contributed by atoms with van der Waals surface area (Å²) >= 11 is 0. The van der Waals surface area contributed by atoms with Crippen molar-refractivity contribution in [1.29, 1.82) is 0 Å². The molecule has 0 bridgehead atoms. The Hall–Kier alpha value is -3.24. The molecular formula is C13H10F3N7O. The van der Waals surface area contributed by atoms with E-state index in [1.165, 1.54) is 10.9 Å². The van der Waals surface area contributed by atoms with Gasteiger partial charge in [0.15, 0.2) is 5.69 Å². The predicted octanol–water partition coefficient (Wildman–Crippen LogP) is 1.72. The first-order valence-electron chi connectivity index (χ1n) is 6.67. The number of carbonyl (C=O) groups is 1. The third-order valence-electron chi connectivity index (χ3n) is 2.94. The van der Waals surface area contributed by atoms with Crippen LogP contribution in [0.25, 0.3) is 0 Å². The lowest BCUT2D eigenvalue weighted by molar-refractivity contribution is -0.144. The summed E-state index contributed by atoms with van der Waals surface area (Å²) in [7, 11) is 0. The summed E-state index contributed by atoms with van der Waals surface area (Å²) in [5.74, 6) is -2.56. The molecule has 0 radical (unpaired) electrons. The molecule has 0 unspecified atom stereocenters. The monoisotopic (exact) mass is 337 g/mol. The number of anilines is 1. The molecule has 2 N–H and O–H groups in total. The van der Waals surface area contributed by atoms with Crippen molar-refractivity contribution in [3.05, 3.63) is 53.6 Å². The van der Waals surface area contributed by atoms with Crippen molar-refractivity contribution >= 4 is 11.9 Å². The number of amides is 1. The van der Waals surface area contributed by atoms with E-state index in [4.69, 9.17) is 0 Å². The number of carbonyl (C=O) groups excluding carboxylic acids is 1. The smallest absolute Gasteiger partial charge is 0.288 e. The molecular weight excluding hydrogens is 327 g/mol. The largest absolute Gasteiger partial charge is 0.451 e. The summed E-state index contributed by atoms with van der Waals surface area (Å²) in [4.78, 5) is 15.1. The van der Waals surface area contributed by atoms with Crippen molar-refractivity contribution in [3.8, 4) is 0 Å². The number of hydrogen-bond acceptors (Lipinski definition) is 5. The van der Waals surface area contributed by atoms with Gasteiger partial charge in [-0.3, -0.25) is 15.2 Å². The Balaban J connectivity index is 1.67. The number of H-pyrrole nitrogens is 1. The summed E-state index contributed by atoms with van der Waals surface area (Å²) in [5, 5.41) is 14.6. The lowest BCUT2D eigenvalue weighted by Crippen LogP contribution is -2.14. The van der Waals surface area contributed by atoms with E-state index in [9.17, 15) is 18.0 Å². The van der Waals surface area contributed by atoms with Gasteiger partial charge in [0.25, 0.3) is 5.91 Å². The number of rotatable bonds is 4. The molecule has 0 aliphatic carbocycles. The minimum Gasteiger partial charge on any atom is -0.288 e. The first-order chi connectivity index (χ1) is 11.4. The van der Waals surface area contributed by atoms with E-state index in [2.05, 4.69) is 25.7 Å². The van der Waals surface area contributed by atoms with Crippen LogP contribution in [0.5, 0.6) is 0 Å². The van der Waals surface area contributed by atoms with Gasteiger partial charge in [-0.25, -0.2) is 4.68 Å². The maximum absolute atomic E-state index is 12.4. The Bertz CT molecular complexity index is 841. The van der Waals surface area contributed by atoms with Gasteiger partial charge in [0.2, 0.25) is 11.8 Å². The zero-order chi connectivity index (χ0) is 17.2. The third-order valence-corrected chi connectivity index (χ3v) is 2.94. The highest BCUT2D eigenvalue weighted by Crippen LogP contribution is 2.26. The molecule has 24 heavy (non-hydrogen) atoms. The number of alkyl halides is 3. The van der Waals surface area contributed by atoms with Gasteiger partial charge < -0.3 is 0 Å². The molecule has 0 aliphatic heterocycles. The second-order valence-electron chi connectivity index (χ2n) is 4.75. The second-order valence-corrected chi connectivity index (χ2v) is 4.75. The van der Waals surface area contributed by atoms with E-state index in [0.29, 0.717) is 6.54 Å². The zero-order valence-electron chi connectivity index (χ0n) is 11.9. The highest BCUT2D eigenvalue weighted by Gasteiger charge is 2.35. The van der Waals surface area contributed by atoms with Crippen LogP contribution in [0.4, 0.5) is 19.1 Å². The molecule has 0 fully saturated rings. The highest BCUT2D eigenvalue weighted by molar-refractivity contribution is 6.01. The fourth-order valence-corrected chi connectivity index (χ4v) is 1.86. The van der Waals surface area contributed by atoms with Crippen LogP contribution < -0.4 is 5.32 Å². The van der Waals surface area contributed by atoms with Crippen LogP contribution in [-0.4, -0.2) is 36.1 Å². The summed E-state index contributed by atoms with van der Waals surface area (Å²) in [6, 6.07) is 9.36. The highest BCUT2D eigenvalue weighted by atomic mass is 19.4. The van der Waals surface area contributed by atoms with E-state index >= 15 is 0 Å². The molecule has 0 atom stereocenters. The quantitative estimate of drug-likeness (QED) is 0.755. The van der Waals surface area contributed by atoms with Crippen LogP contribution in [0.3, 0.4) is 0 Å². The first-order valence-corrected chi connectivity index (χ1v) is 6.67. The van der Waals surface area contributed by atoms with E-state index in [1.54, 1.807) is 5.10 Å². The third kappa shape index (κ3) is 3.56. The van der Waals surface area contributed by atoms with Gasteiger partial charge in [-0.05, 0) is 5.56 Å². The van der Waals surface area contributed by atoms with E-state index in [-0.39, 0.29) is 5.69 Å². The summed E-state index contributed by atoms with van der Waals surface area (Å²) < 4.78 is 38.6. The fraction of sp³-hybridized carbons (Fsp3) is 0.154. The Kier molecular flexibility index (Phi) is 3.98. The van der Waals surface area contributed by atoms with Gasteiger partial charge in [0, 0.05) is 0 Å². The van der Waals surface area contributed by atoms with Gasteiger partial charge in [-0.2, -0.15) is 18.2 Å². The van der Waals surface area contributed by atoms with Gasteiger partial charge in [0.05, 0.1) is 12.7 Å². The fourth-order valence-electron chi connectivity index (χ4n) is 1.86. The number of nitrogens with zero attached hydrogens (tertiary/aromatic N) is 5. The standard InChI is InChI=1S/C13H10F3N7O/c14-13(15,16)11-18-12(21-20-11)17-10(24)9-7-23(22-19-9)6-8-4-2-1-3-5-8/h1-5,7H,6H2,(H2,17,18,20,21,24). The Labute approximate surface area is 132 Å². The number of aromatic amines is 1. The maximum atomic E-state index is 12.4. The topological polar surface area (TPSA) is 101 Å². The van der Waals surface area contributed by atoms with E-state index in [1.807, 2.05) is 30.3 Å². The Morgan fingerprint density at radius 3 is 2.67 bits per heavy atom. The SMILES string of the molecule is O=C(Nc1n[nH]c(C(F)(F)F)n1)c1cn(Cc2ccccc2)nn1. The molecule has 8 nitrogen and oxygen atoms in total. The molecule has 1 amide bonds. The maximum Gasteiger partial charge on any atom is 0.451 e. The number of hydrogen-bond donors (Lipinski definition) is 2. The molecule has 2 aromatic heterocycles. The lowest BCUT2D eigenvalue weighted by Gasteiger charge is -1.99. The van der Waals surface area contributed by atoms with Crippen LogP contribution in [-0.2, 0) is 12.7 Å². The van der Waals surface area contributed by atoms with Crippen LogP contribution >= 0.6 is 0 Å². The second kappa shape index (κ2) is 6.10. The molecule has 3 aromatic rings. The molecule has 124 valence electrons. The molecule has 0 spiro atoms. The average molecular weight is 337 g/mol. The lowest BCUT2D eigenvalue weighted by atomic mass is 10.2. The Morgan fingerprint density at radius 1 is 1.25 bits per heavy atom. The van der Waals surface area contributed by atoms with Crippen molar-refractivity contribution in [3.63, 3.8) is 0 Å². The van der Waals surface area contributed by atoms with Crippen LogP contribution in [0.15, 0.2) is 36.5 Å². The number of halogens is 3. The van der Waals surface area contributed by atoms with Gasteiger partial charge in [-0.1, -0.05) is 35.5 Å². The van der Waals surface area contributed by atoms with Crippen LogP contribution in [0, 0.1) is 0 Å². The number of benzene rings is 1. The molecule has 1 aromatic carbocycles. The van der Waals surface area contributed by atoms with Crippen molar-refractivity contribution in [2.45, 2.75) is 12.7 Å². The van der Waals surface area contributed by atoms with Gasteiger partial charge >= 0.3 is 6.18 Å². The summed E-state index contributed by atoms with van der Waals surface area (Å²) in [5.41, 5.74) is 0.891. The molecule has 0 saturated heterocycles. The van der Waals surface area contributed by atoms with E-state index in [0.717, 1.165) is 5.56 Å². The van der Waals surface area contributed by atoms with Crippen molar-refractivity contribution in [2.24, 2.45) is 0 Å². The minimum atomic E-state index is -4.67. The van der Waals surface area contributed by atoms with E-state index < -0.39 is 23.9 Å². The molecule has 2 heterocycles. The number of nitrogens with one attached hydrogen (secondary N) is 2. The molecule has 3 rings (SSSR count). The van der Waals surface area contributed by atoms with Crippen LogP contribution in [0.2, 0.25) is 0 Å². The average Bonchev–Trinajstić information content (AvgIpc) is 3.17. The number of aromatic nitrogens is 6. The molecule has 0 aliphatic rings. The van der Waals surface area contributed by atoms with Crippen LogP contribution in [0.1, 0.15) is 21.9 Å². The van der Waals surface area contributed by atoms with Gasteiger partial charge in [0.1, 0.15) is 0 Å². The van der Waals surface area contributed by atoms with Crippen molar-refractivity contribution in [2.75, 3.05) is 5.32 Å². The minimum absolute atomic E-state index is 0.0655. The summed E-state index contributed by atoms with van der Waals surface area (Å²) in [6.45, 7) is 0.403.